The molecule has 28 heavy (non-hydrogen) atoms. The quantitative estimate of drug-likeness (QED) is 0.560. The Kier molecular flexibility index (Phi) is 4.10. The lowest BCUT2D eigenvalue weighted by atomic mass is 10.1. The predicted octanol–water partition coefficient (Wildman–Crippen LogP) is 3.87. The van der Waals surface area contributed by atoms with Crippen molar-refractivity contribution in [1.29, 1.82) is 0 Å². The largest absolute Gasteiger partial charge is 0.408 e. The van der Waals surface area contributed by atoms with E-state index in [2.05, 4.69) is 15.1 Å². The van der Waals surface area contributed by atoms with Crippen molar-refractivity contribution >= 4 is 22.5 Å². The van der Waals surface area contributed by atoms with E-state index in [1.807, 2.05) is 30.6 Å². The van der Waals surface area contributed by atoms with E-state index in [0.717, 1.165) is 34.6 Å². The van der Waals surface area contributed by atoms with E-state index >= 15 is 0 Å². The summed E-state index contributed by atoms with van der Waals surface area (Å²) in [6.07, 6.45) is 1.98. The summed E-state index contributed by atoms with van der Waals surface area (Å²) in [6.45, 7) is 2.84. The van der Waals surface area contributed by atoms with Gasteiger partial charge in [-0.15, -0.1) is 0 Å². The van der Waals surface area contributed by atoms with Gasteiger partial charge in [-0.2, -0.15) is 18.3 Å². The number of hydrogen-bond donors (Lipinski definition) is 2. The highest BCUT2D eigenvalue weighted by Crippen LogP contribution is 2.29. The Balaban J connectivity index is 1.76. The third-order valence-electron chi connectivity index (χ3n) is 4.58. The number of carbonyl (C=O) groups is 1. The normalized spacial score (nSPS) is 13.2. The van der Waals surface area contributed by atoms with Crippen molar-refractivity contribution in [2.45, 2.75) is 26.1 Å². The monoisotopic (exact) mass is 387 g/mol. The van der Waals surface area contributed by atoms with Crippen LogP contribution in [0.1, 0.15) is 22.8 Å². The maximum Gasteiger partial charge on any atom is 0.408 e. The SMILES string of the molecule is Cc1cnc2[nH]cc(-c3ccn4ncc(C(=O)N[C@H](C)C(F)(F)F)c4c3)c2c1. The van der Waals surface area contributed by atoms with Gasteiger partial charge in [0.1, 0.15) is 11.7 Å². The highest BCUT2D eigenvalue weighted by molar-refractivity contribution is 6.02. The average Bonchev–Trinajstić information content (AvgIpc) is 3.23. The molecule has 4 heterocycles. The summed E-state index contributed by atoms with van der Waals surface area (Å²) in [6, 6.07) is 3.59. The standard InChI is InChI=1S/C19H16F3N5O/c1-10-5-13-14(8-24-17(13)23-7-10)12-3-4-27-16(6-12)15(9-25-27)18(28)26-11(2)19(20,21)22/h3-9,11H,1-2H3,(H,23,24)(H,26,28)/t11-/m1/s1. The second-order valence-electron chi connectivity index (χ2n) is 6.65. The third kappa shape index (κ3) is 3.08. The van der Waals surface area contributed by atoms with Crippen LogP contribution in [-0.4, -0.2) is 37.7 Å². The second kappa shape index (κ2) is 6.36. The number of hydrogen-bond acceptors (Lipinski definition) is 3. The van der Waals surface area contributed by atoms with Crippen LogP contribution in [0.25, 0.3) is 27.7 Å². The van der Waals surface area contributed by atoms with Crippen LogP contribution in [0.2, 0.25) is 0 Å². The van der Waals surface area contributed by atoms with Gasteiger partial charge in [-0.3, -0.25) is 4.79 Å². The van der Waals surface area contributed by atoms with Gasteiger partial charge in [0.15, 0.2) is 0 Å². The van der Waals surface area contributed by atoms with Gasteiger partial charge >= 0.3 is 6.18 Å². The molecule has 1 atom stereocenters. The van der Waals surface area contributed by atoms with E-state index in [1.165, 1.54) is 10.7 Å². The summed E-state index contributed by atoms with van der Waals surface area (Å²) < 4.78 is 39.7. The summed E-state index contributed by atoms with van der Waals surface area (Å²) >= 11 is 0. The highest BCUT2D eigenvalue weighted by atomic mass is 19.4. The Morgan fingerprint density at radius 2 is 2.07 bits per heavy atom. The predicted molar refractivity (Wildman–Crippen MR) is 98.0 cm³/mol. The summed E-state index contributed by atoms with van der Waals surface area (Å²) in [5, 5.41) is 6.95. The lowest BCUT2D eigenvalue weighted by molar-refractivity contribution is -0.149. The minimum atomic E-state index is -4.52. The van der Waals surface area contributed by atoms with Crippen LogP contribution in [0.4, 0.5) is 13.2 Å². The molecule has 4 rings (SSSR count). The Morgan fingerprint density at radius 3 is 2.82 bits per heavy atom. The number of aromatic amines is 1. The van der Waals surface area contributed by atoms with E-state index in [-0.39, 0.29) is 5.56 Å². The summed E-state index contributed by atoms with van der Waals surface area (Å²) in [4.78, 5) is 19.8. The smallest absolute Gasteiger partial charge is 0.346 e. The first-order valence-electron chi connectivity index (χ1n) is 8.53. The van der Waals surface area contributed by atoms with Crippen LogP contribution in [0.3, 0.4) is 0 Å². The molecule has 1 amide bonds. The first kappa shape index (κ1) is 18.0. The van der Waals surface area contributed by atoms with Crippen molar-refractivity contribution in [2.75, 3.05) is 0 Å². The number of halogens is 3. The molecule has 9 heteroatoms. The molecule has 0 aliphatic carbocycles. The molecule has 6 nitrogen and oxygen atoms in total. The number of nitrogens with one attached hydrogen (secondary N) is 2. The van der Waals surface area contributed by atoms with Gasteiger partial charge in [0, 0.05) is 29.5 Å². The van der Waals surface area contributed by atoms with Gasteiger partial charge in [-0.25, -0.2) is 9.50 Å². The van der Waals surface area contributed by atoms with Crippen LogP contribution in [0, 0.1) is 6.92 Å². The van der Waals surface area contributed by atoms with Crippen LogP contribution >= 0.6 is 0 Å². The van der Waals surface area contributed by atoms with Crippen molar-refractivity contribution in [3.05, 3.63) is 54.1 Å². The number of alkyl halides is 3. The van der Waals surface area contributed by atoms with E-state index in [0.29, 0.717) is 5.52 Å². The fourth-order valence-electron chi connectivity index (χ4n) is 3.03. The van der Waals surface area contributed by atoms with Crippen LogP contribution in [0.15, 0.2) is 43.0 Å². The van der Waals surface area contributed by atoms with Crippen molar-refractivity contribution in [2.24, 2.45) is 0 Å². The van der Waals surface area contributed by atoms with E-state index in [9.17, 15) is 18.0 Å². The Labute approximate surface area is 157 Å². The minimum absolute atomic E-state index is 0.0760. The minimum Gasteiger partial charge on any atom is -0.346 e. The maximum atomic E-state index is 12.8. The molecule has 0 spiro atoms. The number of carbonyl (C=O) groups excluding carboxylic acids is 1. The van der Waals surface area contributed by atoms with Gasteiger partial charge in [0.25, 0.3) is 5.91 Å². The molecular formula is C19H16F3N5O. The number of rotatable bonds is 3. The lowest BCUT2D eigenvalue weighted by Gasteiger charge is -2.16. The van der Waals surface area contributed by atoms with E-state index < -0.39 is 18.1 Å². The molecule has 0 aliphatic heterocycles. The number of nitrogens with zero attached hydrogens (tertiary/aromatic N) is 3. The molecular weight excluding hydrogens is 371 g/mol. The zero-order valence-electron chi connectivity index (χ0n) is 15.0. The van der Waals surface area contributed by atoms with E-state index in [1.54, 1.807) is 18.5 Å². The first-order valence-corrected chi connectivity index (χ1v) is 8.53. The maximum absolute atomic E-state index is 12.8. The number of aromatic nitrogens is 4. The van der Waals surface area contributed by atoms with Crippen LogP contribution in [0.5, 0.6) is 0 Å². The van der Waals surface area contributed by atoms with Gasteiger partial charge in [0.2, 0.25) is 0 Å². The van der Waals surface area contributed by atoms with Crippen molar-refractivity contribution in [1.82, 2.24) is 24.9 Å². The number of amides is 1. The average molecular weight is 387 g/mol. The van der Waals surface area contributed by atoms with Crippen molar-refractivity contribution in [3.63, 3.8) is 0 Å². The van der Waals surface area contributed by atoms with Gasteiger partial charge in [-0.05, 0) is 43.2 Å². The van der Waals surface area contributed by atoms with Crippen LogP contribution < -0.4 is 5.32 Å². The Hall–Kier alpha value is -3.36. The van der Waals surface area contributed by atoms with Crippen LogP contribution in [-0.2, 0) is 0 Å². The highest BCUT2D eigenvalue weighted by Gasteiger charge is 2.37. The zero-order chi connectivity index (χ0) is 20.1. The van der Waals surface area contributed by atoms with Crippen molar-refractivity contribution < 1.29 is 18.0 Å². The summed E-state index contributed by atoms with van der Waals surface area (Å²) in [5.41, 5.74) is 3.90. The molecule has 144 valence electrons. The van der Waals surface area contributed by atoms with Gasteiger partial charge in [-0.1, -0.05) is 0 Å². The second-order valence-corrected chi connectivity index (χ2v) is 6.65. The number of pyridine rings is 2. The molecule has 2 N–H and O–H groups in total. The van der Waals surface area contributed by atoms with Gasteiger partial charge < -0.3 is 10.3 Å². The summed E-state index contributed by atoms with van der Waals surface area (Å²) in [5.74, 6) is -0.826. The van der Waals surface area contributed by atoms with E-state index in [4.69, 9.17) is 0 Å². The third-order valence-corrected chi connectivity index (χ3v) is 4.58. The molecule has 0 aromatic carbocycles. The molecule has 4 aromatic rings. The Morgan fingerprint density at radius 1 is 1.29 bits per heavy atom. The molecule has 0 radical (unpaired) electrons. The number of H-pyrrole nitrogens is 1. The fourth-order valence-corrected chi connectivity index (χ4v) is 3.03. The molecule has 0 saturated heterocycles. The topological polar surface area (TPSA) is 75.1 Å². The number of fused-ring (bicyclic) bond motifs is 2. The molecule has 0 saturated carbocycles. The first-order chi connectivity index (χ1) is 13.2. The summed E-state index contributed by atoms with van der Waals surface area (Å²) in [7, 11) is 0. The molecule has 0 fully saturated rings. The zero-order valence-corrected chi connectivity index (χ0v) is 15.0. The molecule has 0 unspecified atom stereocenters. The van der Waals surface area contributed by atoms with Crippen molar-refractivity contribution in [3.8, 4) is 11.1 Å². The molecule has 4 aromatic heterocycles. The number of aryl methyl sites for hydroxylation is 1. The lowest BCUT2D eigenvalue weighted by Crippen LogP contribution is -2.43. The fraction of sp³-hybridized carbons (Fsp3) is 0.211. The molecule has 0 aliphatic rings. The van der Waals surface area contributed by atoms with Gasteiger partial charge in [0.05, 0.1) is 17.3 Å². The Bertz CT molecular complexity index is 1190. The molecule has 0 bridgehead atoms.